The molecule has 3 rings (SSSR count). The zero-order chi connectivity index (χ0) is 11.1. The minimum Gasteiger partial charge on any atom is -0.453 e. The maximum absolute atomic E-state index is 13.4. The Labute approximate surface area is 90.9 Å². The lowest BCUT2D eigenvalue weighted by Gasteiger charge is -2.04. The Kier molecular flexibility index (Phi) is 1.99. The Hall–Kier alpha value is -1.78. The van der Waals surface area contributed by atoms with Gasteiger partial charge in [-0.25, -0.2) is 4.39 Å². The summed E-state index contributed by atoms with van der Waals surface area (Å²) in [6.45, 7) is -0.00766. The van der Waals surface area contributed by atoms with Gasteiger partial charge in [0.15, 0.2) is 11.6 Å². The number of halogens is 1. The average molecular weight is 224 g/mol. The number of esters is 1. The standard InChI is InChI=1S/C11H9FO4/c12-8-3-7(16-11(13)6-1-2-6)4-9-10(8)15-5-14-9/h3-4,6H,1-2,5H2. The average Bonchev–Trinajstić information content (AvgIpc) is 2.98. The van der Waals surface area contributed by atoms with Crippen molar-refractivity contribution in [2.75, 3.05) is 6.79 Å². The van der Waals surface area contributed by atoms with Gasteiger partial charge in [0, 0.05) is 12.1 Å². The molecule has 84 valence electrons. The van der Waals surface area contributed by atoms with Gasteiger partial charge < -0.3 is 14.2 Å². The van der Waals surface area contributed by atoms with Crippen LogP contribution in [-0.4, -0.2) is 12.8 Å². The van der Waals surface area contributed by atoms with Crippen molar-refractivity contribution < 1.29 is 23.4 Å². The van der Waals surface area contributed by atoms with Crippen LogP contribution in [0.3, 0.4) is 0 Å². The first kappa shape index (κ1) is 9.45. The molecule has 1 heterocycles. The largest absolute Gasteiger partial charge is 0.453 e. The molecule has 1 aliphatic heterocycles. The van der Waals surface area contributed by atoms with E-state index in [9.17, 15) is 9.18 Å². The van der Waals surface area contributed by atoms with Gasteiger partial charge in [-0.15, -0.1) is 0 Å². The van der Waals surface area contributed by atoms with Crippen LogP contribution in [0.1, 0.15) is 12.8 Å². The summed E-state index contributed by atoms with van der Waals surface area (Å²) in [5, 5.41) is 0. The molecule has 4 nitrogen and oxygen atoms in total. The van der Waals surface area contributed by atoms with E-state index >= 15 is 0 Å². The van der Waals surface area contributed by atoms with Crippen molar-refractivity contribution in [1.82, 2.24) is 0 Å². The summed E-state index contributed by atoms with van der Waals surface area (Å²) in [6, 6.07) is 2.60. The number of carbonyl (C=O) groups is 1. The fourth-order valence-corrected chi connectivity index (χ4v) is 1.52. The number of hydrogen-bond donors (Lipinski definition) is 0. The first-order chi connectivity index (χ1) is 7.74. The predicted octanol–water partition coefficient (Wildman–Crippen LogP) is 1.87. The van der Waals surface area contributed by atoms with Crippen molar-refractivity contribution in [2.24, 2.45) is 5.92 Å². The molecular weight excluding hydrogens is 215 g/mol. The Morgan fingerprint density at radius 2 is 2.19 bits per heavy atom. The highest BCUT2D eigenvalue weighted by Gasteiger charge is 2.32. The van der Waals surface area contributed by atoms with Crippen molar-refractivity contribution in [3.8, 4) is 17.2 Å². The molecule has 1 aromatic rings. The Morgan fingerprint density at radius 3 is 2.94 bits per heavy atom. The minimum atomic E-state index is -0.575. The molecule has 0 bridgehead atoms. The summed E-state index contributed by atoms with van der Waals surface area (Å²) in [7, 11) is 0. The van der Waals surface area contributed by atoms with Crippen LogP contribution in [0, 0.1) is 11.7 Å². The Morgan fingerprint density at radius 1 is 1.38 bits per heavy atom. The van der Waals surface area contributed by atoms with Crippen LogP contribution in [0.2, 0.25) is 0 Å². The van der Waals surface area contributed by atoms with Gasteiger partial charge in [-0.05, 0) is 12.8 Å². The normalized spacial score (nSPS) is 17.3. The third-order valence-corrected chi connectivity index (χ3v) is 2.53. The molecule has 1 fully saturated rings. The fourth-order valence-electron chi connectivity index (χ4n) is 1.52. The summed E-state index contributed by atoms with van der Waals surface area (Å²) in [5.41, 5.74) is 0. The highest BCUT2D eigenvalue weighted by molar-refractivity contribution is 5.77. The highest BCUT2D eigenvalue weighted by Crippen LogP contribution is 2.39. The topological polar surface area (TPSA) is 44.8 Å². The molecule has 2 aliphatic rings. The molecule has 0 radical (unpaired) electrons. The Balaban J connectivity index is 1.84. The second-order valence-corrected chi connectivity index (χ2v) is 3.83. The number of fused-ring (bicyclic) bond motifs is 1. The SMILES string of the molecule is O=C(Oc1cc(F)c2c(c1)OCO2)C1CC1. The van der Waals surface area contributed by atoms with E-state index in [0.717, 1.165) is 18.9 Å². The van der Waals surface area contributed by atoms with Crippen LogP contribution in [0.5, 0.6) is 17.2 Å². The van der Waals surface area contributed by atoms with Gasteiger partial charge in [0.25, 0.3) is 0 Å². The second kappa shape index (κ2) is 3.37. The van der Waals surface area contributed by atoms with E-state index in [1.807, 2.05) is 0 Å². The van der Waals surface area contributed by atoms with E-state index in [4.69, 9.17) is 14.2 Å². The second-order valence-electron chi connectivity index (χ2n) is 3.83. The maximum atomic E-state index is 13.4. The molecule has 0 saturated heterocycles. The van der Waals surface area contributed by atoms with Gasteiger partial charge >= 0.3 is 5.97 Å². The molecule has 5 heteroatoms. The van der Waals surface area contributed by atoms with Gasteiger partial charge in [-0.2, -0.15) is 0 Å². The van der Waals surface area contributed by atoms with Crippen LogP contribution in [0.4, 0.5) is 4.39 Å². The molecule has 0 aromatic heterocycles. The van der Waals surface area contributed by atoms with Crippen molar-refractivity contribution in [2.45, 2.75) is 12.8 Å². The highest BCUT2D eigenvalue weighted by atomic mass is 19.1. The number of carbonyl (C=O) groups excluding carboxylic acids is 1. The summed E-state index contributed by atoms with van der Waals surface area (Å²) in [4.78, 5) is 11.4. The lowest BCUT2D eigenvalue weighted by atomic mass is 10.3. The quantitative estimate of drug-likeness (QED) is 0.568. The number of benzene rings is 1. The van der Waals surface area contributed by atoms with Crippen molar-refractivity contribution in [3.05, 3.63) is 17.9 Å². The molecular formula is C11H9FO4. The summed E-state index contributed by atoms with van der Waals surface area (Å²) in [5.74, 6) is -0.385. The molecule has 16 heavy (non-hydrogen) atoms. The molecule has 1 aromatic carbocycles. The summed E-state index contributed by atoms with van der Waals surface area (Å²) in [6.07, 6.45) is 1.71. The van der Waals surface area contributed by atoms with E-state index in [1.165, 1.54) is 6.07 Å². The van der Waals surface area contributed by atoms with Crippen LogP contribution in [-0.2, 0) is 4.79 Å². The number of rotatable bonds is 2. The van der Waals surface area contributed by atoms with Gasteiger partial charge in [0.2, 0.25) is 12.5 Å². The van der Waals surface area contributed by atoms with Crippen LogP contribution < -0.4 is 14.2 Å². The monoisotopic (exact) mass is 224 g/mol. The fraction of sp³-hybridized carbons (Fsp3) is 0.364. The maximum Gasteiger partial charge on any atom is 0.314 e. The van der Waals surface area contributed by atoms with Crippen LogP contribution in [0.15, 0.2) is 12.1 Å². The smallest absolute Gasteiger partial charge is 0.314 e. The van der Waals surface area contributed by atoms with Gasteiger partial charge in [-0.3, -0.25) is 4.79 Å². The summed E-state index contributed by atoms with van der Waals surface area (Å²) >= 11 is 0. The molecule has 0 atom stereocenters. The lowest BCUT2D eigenvalue weighted by molar-refractivity contribution is -0.135. The van der Waals surface area contributed by atoms with Gasteiger partial charge in [0.1, 0.15) is 5.75 Å². The molecule has 0 unspecified atom stereocenters. The first-order valence-electron chi connectivity index (χ1n) is 5.05. The van der Waals surface area contributed by atoms with Crippen LogP contribution >= 0.6 is 0 Å². The first-order valence-corrected chi connectivity index (χ1v) is 5.05. The molecule has 1 aliphatic carbocycles. The zero-order valence-electron chi connectivity index (χ0n) is 8.36. The molecule has 0 spiro atoms. The van der Waals surface area contributed by atoms with Gasteiger partial charge in [-0.1, -0.05) is 0 Å². The molecule has 0 N–H and O–H groups in total. The number of hydrogen-bond acceptors (Lipinski definition) is 4. The molecule has 1 saturated carbocycles. The van der Waals surface area contributed by atoms with E-state index in [0.29, 0.717) is 0 Å². The van der Waals surface area contributed by atoms with Crippen molar-refractivity contribution in [3.63, 3.8) is 0 Å². The lowest BCUT2D eigenvalue weighted by Crippen LogP contribution is -2.09. The Bertz CT molecular complexity index is 454. The van der Waals surface area contributed by atoms with Gasteiger partial charge in [0.05, 0.1) is 5.92 Å². The third kappa shape index (κ3) is 1.58. The summed E-state index contributed by atoms with van der Waals surface area (Å²) < 4.78 is 28.4. The van der Waals surface area contributed by atoms with Crippen molar-refractivity contribution >= 4 is 5.97 Å². The predicted molar refractivity (Wildman–Crippen MR) is 50.9 cm³/mol. The van der Waals surface area contributed by atoms with E-state index in [1.54, 1.807) is 0 Å². The van der Waals surface area contributed by atoms with E-state index in [-0.39, 0.29) is 35.9 Å². The van der Waals surface area contributed by atoms with Crippen LogP contribution in [0.25, 0.3) is 0 Å². The number of ether oxygens (including phenoxy) is 3. The third-order valence-electron chi connectivity index (χ3n) is 2.53. The van der Waals surface area contributed by atoms with E-state index < -0.39 is 5.82 Å². The minimum absolute atomic E-state index is 0.00766. The zero-order valence-corrected chi connectivity index (χ0v) is 8.36. The van der Waals surface area contributed by atoms with E-state index in [2.05, 4.69) is 0 Å². The molecule has 0 amide bonds. The van der Waals surface area contributed by atoms with Crippen molar-refractivity contribution in [1.29, 1.82) is 0 Å².